The lowest BCUT2D eigenvalue weighted by molar-refractivity contribution is 0.147. The number of likely N-dealkylation sites (tertiary alicyclic amines) is 1. The summed E-state index contributed by atoms with van der Waals surface area (Å²) >= 11 is 0. The van der Waals surface area contributed by atoms with E-state index in [1.54, 1.807) is 0 Å². The number of rotatable bonds is 3. The second-order valence-corrected chi connectivity index (χ2v) is 7.43. The summed E-state index contributed by atoms with van der Waals surface area (Å²) in [5, 5.41) is 0. The average molecular weight is 353 g/mol. The van der Waals surface area contributed by atoms with Crippen LogP contribution in [0.1, 0.15) is 54.4 Å². The van der Waals surface area contributed by atoms with Crippen LogP contribution in [-0.2, 0) is 0 Å². The van der Waals surface area contributed by atoms with E-state index in [0.29, 0.717) is 25.0 Å². The molecule has 0 aromatic carbocycles. The number of hydrogen-bond acceptors (Lipinski definition) is 5. The van der Waals surface area contributed by atoms with Crippen LogP contribution in [0.2, 0.25) is 0 Å². The van der Waals surface area contributed by atoms with Gasteiger partial charge in [0.25, 0.3) is 5.88 Å². The first-order chi connectivity index (χ1) is 12.6. The van der Waals surface area contributed by atoms with Crippen LogP contribution in [0.4, 0.5) is 0 Å². The summed E-state index contributed by atoms with van der Waals surface area (Å²) in [4.78, 5) is 11.8. The summed E-state index contributed by atoms with van der Waals surface area (Å²) in [6, 6.07) is 8.81. The van der Waals surface area contributed by atoms with Gasteiger partial charge in [0.15, 0.2) is 5.75 Å². The fraction of sp³-hybridized carbons (Fsp3) is 0.524. The zero-order valence-electron chi connectivity index (χ0n) is 15.9. The first kappa shape index (κ1) is 17.3. The lowest BCUT2D eigenvalue weighted by atomic mass is 9.89. The van der Waals surface area contributed by atoms with Gasteiger partial charge in [-0.25, -0.2) is 4.98 Å². The lowest BCUT2D eigenvalue weighted by Crippen LogP contribution is -2.36. The molecule has 2 aliphatic rings. The maximum Gasteiger partial charge on any atom is 0.257 e. The molecule has 0 bridgehead atoms. The molecule has 1 unspecified atom stereocenters. The average Bonchev–Trinajstić information content (AvgIpc) is 2.66. The van der Waals surface area contributed by atoms with E-state index in [1.807, 2.05) is 6.07 Å². The van der Waals surface area contributed by atoms with Crippen molar-refractivity contribution in [2.45, 2.75) is 45.6 Å². The topological polar surface area (TPSA) is 47.5 Å². The quantitative estimate of drug-likeness (QED) is 0.840. The highest BCUT2D eigenvalue weighted by molar-refractivity contribution is 5.36. The standard InChI is InChI=1S/C21H27N3O2/c1-14-11-18(12-15(2)22-14)17-5-4-8-24(13-17)16(3)19-6-7-20-21(23-19)26-10-9-25-20/h6-7,11-12,16-17H,4-5,8-10,13H2,1-3H3/t16?,17-/m0/s1. The molecule has 4 heterocycles. The molecule has 1 saturated heterocycles. The van der Waals surface area contributed by atoms with E-state index in [2.05, 4.69) is 48.9 Å². The molecular formula is C21H27N3O2. The fourth-order valence-corrected chi connectivity index (χ4v) is 4.10. The molecule has 5 heteroatoms. The molecule has 2 aromatic heterocycles. The Balaban J connectivity index is 1.52. The normalized spacial score (nSPS) is 21.4. The molecule has 138 valence electrons. The molecule has 2 aromatic rings. The van der Waals surface area contributed by atoms with E-state index < -0.39 is 0 Å². The van der Waals surface area contributed by atoms with Crippen molar-refractivity contribution in [3.05, 3.63) is 46.9 Å². The number of ether oxygens (including phenoxy) is 2. The molecule has 4 rings (SSSR count). The number of nitrogens with zero attached hydrogens (tertiary/aromatic N) is 3. The van der Waals surface area contributed by atoms with Crippen molar-refractivity contribution in [2.24, 2.45) is 0 Å². The van der Waals surface area contributed by atoms with Gasteiger partial charge in [-0.05, 0) is 75.9 Å². The van der Waals surface area contributed by atoms with Gasteiger partial charge in [-0.1, -0.05) is 0 Å². The van der Waals surface area contributed by atoms with Crippen LogP contribution < -0.4 is 9.47 Å². The van der Waals surface area contributed by atoms with Crippen LogP contribution in [0.3, 0.4) is 0 Å². The second kappa shape index (κ2) is 7.23. The van der Waals surface area contributed by atoms with Gasteiger partial charge in [0.05, 0.1) is 5.69 Å². The SMILES string of the molecule is Cc1cc([C@H]2CCCN(C(C)c3ccc4c(n3)OCCO4)C2)cc(C)n1. The summed E-state index contributed by atoms with van der Waals surface area (Å²) in [7, 11) is 0. The fourth-order valence-electron chi connectivity index (χ4n) is 4.10. The summed E-state index contributed by atoms with van der Waals surface area (Å²) in [6.07, 6.45) is 2.45. The molecule has 0 aliphatic carbocycles. The zero-order chi connectivity index (χ0) is 18.1. The smallest absolute Gasteiger partial charge is 0.257 e. The molecule has 2 aliphatic heterocycles. The van der Waals surface area contributed by atoms with Gasteiger partial charge in [-0.3, -0.25) is 9.88 Å². The summed E-state index contributed by atoms with van der Waals surface area (Å²) in [5.74, 6) is 1.95. The molecule has 0 amide bonds. The zero-order valence-corrected chi connectivity index (χ0v) is 15.9. The maximum atomic E-state index is 5.66. The number of hydrogen-bond donors (Lipinski definition) is 0. The van der Waals surface area contributed by atoms with Gasteiger partial charge in [0.1, 0.15) is 13.2 Å². The van der Waals surface area contributed by atoms with Gasteiger partial charge in [-0.15, -0.1) is 0 Å². The van der Waals surface area contributed by atoms with Crippen LogP contribution in [-0.4, -0.2) is 41.2 Å². The van der Waals surface area contributed by atoms with Crippen LogP contribution in [0.5, 0.6) is 11.6 Å². The highest BCUT2D eigenvalue weighted by Crippen LogP contribution is 2.34. The van der Waals surface area contributed by atoms with E-state index in [1.165, 1.54) is 18.4 Å². The molecule has 0 radical (unpaired) electrons. The van der Waals surface area contributed by atoms with Gasteiger partial charge in [0.2, 0.25) is 0 Å². The van der Waals surface area contributed by atoms with Crippen LogP contribution in [0, 0.1) is 13.8 Å². The van der Waals surface area contributed by atoms with Crippen molar-refractivity contribution in [3.8, 4) is 11.6 Å². The number of aryl methyl sites for hydroxylation is 2. The first-order valence-corrected chi connectivity index (χ1v) is 9.56. The molecule has 2 atom stereocenters. The first-order valence-electron chi connectivity index (χ1n) is 9.56. The van der Waals surface area contributed by atoms with E-state index in [4.69, 9.17) is 14.5 Å². The molecule has 0 spiro atoms. The Hall–Kier alpha value is -2.14. The minimum absolute atomic E-state index is 0.262. The molecule has 1 fully saturated rings. The molecule has 0 saturated carbocycles. The Kier molecular flexibility index (Phi) is 4.81. The van der Waals surface area contributed by atoms with E-state index >= 15 is 0 Å². The van der Waals surface area contributed by atoms with Crippen LogP contribution in [0.15, 0.2) is 24.3 Å². The van der Waals surface area contributed by atoms with Gasteiger partial charge >= 0.3 is 0 Å². The van der Waals surface area contributed by atoms with E-state index in [9.17, 15) is 0 Å². The Morgan fingerprint density at radius 2 is 1.85 bits per heavy atom. The highest BCUT2D eigenvalue weighted by Gasteiger charge is 2.27. The summed E-state index contributed by atoms with van der Waals surface area (Å²) in [5.41, 5.74) is 4.69. The number of aromatic nitrogens is 2. The maximum absolute atomic E-state index is 5.66. The van der Waals surface area contributed by atoms with Crippen molar-refractivity contribution in [3.63, 3.8) is 0 Å². The van der Waals surface area contributed by atoms with Crippen molar-refractivity contribution >= 4 is 0 Å². The molecular weight excluding hydrogens is 326 g/mol. The Morgan fingerprint density at radius 3 is 2.65 bits per heavy atom. The van der Waals surface area contributed by atoms with Crippen molar-refractivity contribution in [1.82, 2.24) is 14.9 Å². The van der Waals surface area contributed by atoms with E-state index in [-0.39, 0.29) is 6.04 Å². The van der Waals surface area contributed by atoms with Crippen molar-refractivity contribution in [2.75, 3.05) is 26.3 Å². The molecule has 0 N–H and O–H groups in total. The predicted molar refractivity (Wildman–Crippen MR) is 101 cm³/mol. The monoisotopic (exact) mass is 353 g/mol. The van der Waals surface area contributed by atoms with E-state index in [0.717, 1.165) is 35.9 Å². The van der Waals surface area contributed by atoms with Crippen molar-refractivity contribution in [1.29, 1.82) is 0 Å². The lowest BCUT2D eigenvalue weighted by Gasteiger charge is -2.37. The highest BCUT2D eigenvalue weighted by atomic mass is 16.6. The van der Waals surface area contributed by atoms with Gasteiger partial charge in [-0.2, -0.15) is 0 Å². The Morgan fingerprint density at radius 1 is 1.08 bits per heavy atom. The van der Waals surface area contributed by atoms with Crippen LogP contribution in [0.25, 0.3) is 0 Å². The number of pyridine rings is 2. The predicted octanol–water partition coefficient (Wildman–Crippen LogP) is 3.81. The summed E-state index contributed by atoms with van der Waals surface area (Å²) < 4.78 is 11.3. The van der Waals surface area contributed by atoms with Gasteiger partial charge in [0, 0.05) is 24.0 Å². The second-order valence-electron chi connectivity index (χ2n) is 7.43. The minimum atomic E-state index is 0.262. The third kappa shape index (κ3) is 3.54. The van der Waals surface area contributed by atoms with Crippen molar-refractivity contribution < 1.29 is 9.47 Å². The summed E-state index contributed by atoms with van der Waals surface area (Å²) in [6.45, 7) is 9.74. The number of piperidine rings is 1. The van der Waals surface area contributed by atoms with Crippen LogP contribution >= 0.6 is 0 Å². The molecule has 26 heavy (non-hydrogen) atoms. The Bertz CT molecular complexity index is 773. The third-order valence-electron chi connectivity index (χ3n) is 5.43. The number of fused-ring (bicyclic) bond motifs is 1. The minimum Gasteiger partial charge on any atom is -0.484 e. The van der Waals surface area contributed by atoms with Gasteiger partial charge < -0.3 is 9.47 Å². The largest absolute Gasteiger partial charge is 0.484 e. The Labute approximate surface area is 155 Å². The third-order valence-corrected chi connectivity index (χ3v) is 5.43. The molecule has 5 nitrogen and oxygen atoms in total.